The lowest BCUT2D eigenvalue weighted by Gasteiger charge is -2.46. The number of rotatable bonds is 11. The molecule has 0 bridgehead atoms. The summed E-state index contributed by atoms with van der Waals surface area (Å²) in [6.45, 7) is 0.750. The van der Waals surface area contributed by atoms with Crippen molar-refractivity contribution in [3.05, 3.63) is 108 Å². The molecule has 1 heterocycles. The highest BCUT2D eigenvalue weighted by atomic mass is 16.7. The van der Waals surface area contributed by atoms with Crippen molar-refractivity contribution in [3.63, 3.8) is 0 Å². The summed E-state index contributed by atoms with van der Waals surface area (Å²) in [6.07, 6.45) is -13.5. The van der Waals surface area contributed by atoms with Crippen LogP contribution in [0.5, 0.6) is 0 Å². The van der Waals surface area contributed by atoms with Crippen LogP contribution in [0.4, 0.5) is 0 Å². The molecule has 0 aromatic heterocycles. The highest BCUT2D eigenvalue weighted by Gasteiger charge is 2.52. The van der Waals surface area contributed by atoms with Gasteiger partial charge in [-0.05, 0) is 16.7 Å². The molecule has 3 aromatic rings. The van der Waals surface area contributed by atoms with Gasteiger partial charge in [0.15, 0.2) is 6.29 Å². The zero-order chi connectivity index (χ0) is 29.5. The minimum absolute atomic E-state index is 0.0365. The smallest absolute Gasteiger partial charge is 0.187 e. The standard InChI is InChI=1S/C32H38O10/c33-24-25(34)27(36)30(28(37)26(24)35)42-32-31(40-18-22-14-8-3-9-15-22)29(39-17-21-12-6-2-7-13-21)23(19-41-32)38-16-20-10-4-1-5-11-20/h1-15,23-37H,16-19H2/t23-,24?,25-,26+,27+,28-,29-,30?,31+,32-/m0/s1. The fourth-order valence-electron chi connectivity index (χ4n) is 5.20. The Labute approximate surface area is 244 Å². The van der Waals surface area contributed by atoms with E-state index >= 15 is 0 Å². The fraction of sp³-hybridized carbons (Fsp3) is 0.438. The number of aliphatic hydroxyl groups is 5. The van der Waals surface area contributed by atoms with Crippen LogP contribution in [0.25, 0.3) is 0 Å². The average Bonchev–Trinajstić information content (AvgIpc) is 3.04. The van der Waals surface area contributed by atoms with E-state index < -0.39 is 61.2 Å². The van der Waals surface area contributed by atoms with Crippen molar-refractivity contribution < 1.29 is 49.2 Å². The molecule has 2 unspecified atom stereocenters. The molecule has 1 aliphatic heterocycles. The van der Waals surface area contributed by atoms with E-state index in [1.807, 2.05) is 91.0 Å². The Bertz CT molecular complexity index is 1180. The van der Waals surface area contributed by atoms with E-state index in [4.69, 9.17) is 23.7 Å². The van der Waals surface area contributed by atoms with Crippen molar-refractivity contribution in [2.45, 2.75) is 81.0 Å². The molecular weight excluding hydrogens is 544 g/mol. The van der Waals surface area contributed by atoms with Crippen LogP contribution in [0.2, 0.25) is 0 Å². The third-order valence-electron chi connectivity index (χ3n) is 7.62. The first-order valence-electron chi connectivity index (χ1n) is 14.1. The summed E-state index contributed by atoms with van der Waals surface area (Å²) in [5, 5.41) is 51.8. The molecule has 5 N–H and O–H groups in total. The molecule has 3 aromatic carbocycles. The Hall–Kier alpha value is -2.74. The van der Waals surface area contributed by atoms with E-state index in [1.165, 1.54) is 0 Å². The molecule has 1 saturated heterocycles. The van der Waals surface area contributed by atoms with Crippen molar-refractivity contribution in [2.24, 2.45) is 0 Å². The molecule has 5 rings (SSSR count). The Morgan fingerprint density at radius 3 is 1.38 bits per heavy atom. The molecule has 2 fully saturated rings. The molecule has 0 amide bonds. The third kappa shape index (κ3) is 7.42. The molecule has 226 valence electrons. The summed E-state index contributed by atoms with van der Waals surface area (Å²) in [6, 6.07) is 28.8. The summed E-state index contributed by atoms with van der Waals surface area (Å²) in [4.78, 5) is 0. The van der Waals surface area contributed by atoms with Crippen molar-refractivity contribution in [1.82, 2.24) is 0 Å². The van der Waals surface area contributed by atoms with E-state index in [9.17, 15) is 25.5 Å². The molecule has 10 atom stereocenters. The van der Waals surface area contributed by atoms with Gasteiger partial charge in [-0.3, -0.25) is 0 Å². The van der Waals surface area contributed by atoms with Gasteiger partial charge in [-0.25, -0.2) is 0 Å². The fourth-order valence-corrected chi connectivity index (χ4v) is 5.20. The molecule has 1 saturated carbocycles. The molecule has 0 spiro atoms. The second kappa shape index (κ2) is 14.6. The van der Waals surface area contributed by atoms with Gasteiger partial charge in [-0.15, -0.1) is 0 Å². The minimum atomic E-state index is -1.75. The number of hydrogen-bond donors (Lipinski definition) is 5. The monoisotopic (exact) mass is 582 g/mol. The lowest BCUT2D eigenvalue weighted by molar-refractivity contribution is -0.336. The van der Waals surface area contributed by atoms with Crippen LogP contribution >= 0.6 is 0 Å². The summed E-state index contributed by atoms with van der Waals surface area (Å²) in [5.41, 5.74) is 2.79. The maximum Gasteiger partial charge on any atom is 0.187 e. The van der Waals surface area contributed by atoms with Crippen molar-refractivity contribution in [3.8, 4) is 0 Å². The van der Waals surface area contributed by atoms with Gasteiger partial charge in [0.2, 0.25) is 0 Å². The van der Waals surface area contributed by atoms with Gasteiger partial charge in [-0.2, -0.15) is 0 Å². The number of benzene rings is 3. The molecule has 2 aliphatic rings. The van der Waals surface area contributed by atoms with Gasteiger partial charge in [0.25, 0.3) is 0 Å². The average molecular weight is 583 g/mol. The number of aliphatic hydroxyl groups excluding tert-OH is 5. The summed E-state index contributed by atoms with van der Waals surface area (Å²) < 4.78 is 31.2. The normalized spacial score (nSPS) is 33.4. The number of ether oxygens (including phenoxy) is 5. The Kier molecular flexibility index (Phi) is 10.7. The van der Waals surface area contributed by atoms with E-state index in [2.05, 4.69) is 0 Å². The maximum absolute atomic E-state index is 10.6. The van der Waals surface area contributed by atoms with Gasteiger partial charge in [-0.1, -0.05) is 91.0 Å². The van der Waals surface area contributed by atoms with Crippen molar-refractivity contribution >= 4 is 0 Å². The summed E-state index contributed by atoms with van der Waals surface area (Å²) in [7, 11) is 0. The first-order valence-corrected chi connectivity index (χ1v) is 14.1. The zero-order valence-electron chi connectivity index (χ0n) is 23.0. The predicted octanol–water partition coefficient (Wildman–Crippen LogP) is 1.30. The molecule has 10 heteroatoms. The highest BCUT2D eigenvalue weighted by molar-refractivity contribution is 5.15. The Morgan fingerprint density at radius 2 is 0.905 bits per heavy atom. The first-order chi connectivity index (χ1) is 20.4. The van der Waals surface area contributed by atoms with Gasteiger partial charge in [0, 0.05) is 0 Å². The Balaban J connectivity index is 1.40. The van der Waals surface area contributed by atoms with E-state index in [1.54, 1.807) is 0 Å². The van der Waals surface area contributed by atoms with Crippen LogP contribution in [-0.4, -0.2) is 93.4 Å². The van der Waals surface area contributed by atoms with Crippen LogP contribution < -0.4 is 0 Å². The second-order valence-electron chi connectivity index (χ2n) is 10.6. The van der Waals surface area contributed by atoms with Gasteiger partial charge in [0.1, 0.15) is 54.9 Å². The van der Waals surface area contributed by atoms with Crippen LogP contribution in [-0.2, 0) is 43.5 Å². The topological polar surface area (TPSA) is 147 Å². The second-order valence-corrected chi connectivity index (χ2v) is 10.6. The molecule has 42 heavy (non-hydrogen) atoms. The quantitative estimate of drug-likeness (QED) is 0.224. The summed E-state index contributed by atoms with van der Waals surface area (Å²) in [5.74, 6) is 0. The van der Waals surface area contributed by atoms with Crippen molar-refractivity contribution in [1.29, 1.82) is 0 Å². The van der Waals surface area contributed by atoms with Crippen LogP contribution in [0.1, 0.15) is 16.7 Å². The first kappa shape index (κ1) is 30.7. The lowest BCUT2D eigenvalue weighted by Crippen LogP contribution is -2.66. The predicted molar refractivity (Wildman–Crippen MR) is 150 cm³/mol. The molecule has 0 radical (unpaired) electrons. The SMILES string of the molecule is OC1[C@@H](O)[C@H](O)C(O[C@@H]2OC[C@H](OCc3ccccc3)[C@H](OCc3ccccc3)[C@H]2OCc2ccccc2)[C@H](O)[C@H]1O. The molecular formula is C32H38O10. The highest BCUT2D eigenvalue weighted by Crippen LogP contribution is 2.31. The minimum Gasteiger partial charge on any atom is -0.387 e. The third-order valence-corrected chi connectivity index (χ3v) is 7.62. The Morgan fingerprint density at radius 1 is 0.500 bits per heavy atom. The largest absolute Gasteiger partial charge is 0.387 e. The van der Waals surface area contributed by atoms with Crippen LogP contribution in [0.15, 0.2) is 91.0 Å². The van der Waals surface area contributed by atoms with Crippen LogP contribution in [0.3, 0.4) is 0 Å². The maximum atomic E-state index is 10.6. The van der Waals surface area contributed by atoms with E-state index in [-0.39, 0.29) is 19.8 Å². The molecule has 10 nitrogen and oxygen atoms in total. The lowest BCUT2D eigenvalue weighted by atomic mass is 9.85. The van der Waals surface area contributed by atoms with E-state index in [0.29, 0.717) is 6.61 Å². The molecule has 1 aliphatic carbocycles. The zero-order valence-corrected chi connectivity index (χ0v) is 23.0. The van der Waals surface area contributed by atoms with Gasteiger partial charge in [0.05, 0.1) is 26.4 Å². The van der Waals surface area contributed by atoms with E-state index in [0.717, 1.165) is 16.7 Å². The number of hydrogen-bond acceptors (Lipinski definition) is 10. The van der Waals surface area contributed by atoms with Gasteiger partial charge < -0.3 is 49.2 Å². The summed E-state index contributed by atoms with van der Waals surface area (Å²) >= 11 is 0. The van der Waals surface area contributed by atoms with Crippen LogP contribution in [0, 0.1) is 0 Å². The van der Waals surface area contributed by atoms with Gasteiger partial charge >= 0.3 is 0 Å². The van der Waals surface area contributed by atoms with Crippen molar-refractivity contribution in [2.75, 3.05) is 6.61 Å².